The van der Waals surface area contributed by atoms with Gasteiger partial charge in [-0.2, -0.15) is 0 Å². The van der Waals surface area contributed by atoms with Gasteiger partial charge in [0.1, 0.15) is 6.61 Å². The third-order valence-electron chi connectivity index (χ3n) is 2.86. The van der Waals surface area contributed by atoms with Crippen molar-refractivity contribution in [2.75, 3.05) is 0 Å². The highest BCUT2D eigenvalue weighted by molar-refractivity contribution is 9.08. The van der Waals surface area contributed by atoms with Gasteiger partial charge in [0, 0.05) is 17.5 Å². The number of esters is 1. The van der Waals surface area contributed by atoms with Crippen molar-refractivity contribution in [3.63, 3.8) is 0 Å². The predicted octanol–water partition coefficient (Wildman–Crippen LogP) is 3.85. The number of nitro groups is 1. The maximum Gasteiger partial charge on any atom is 0.338 e. The summed E-state index contributed by atoms with van der Waals surface area (Å²) in [4.78, 5) is 21.9. The van der Waals surface area contributed by atoms with Gasteiger partial charge >= 0.3 is 5.97 Å². The molecule has 2 rings (SSSR count). The summed E-state index contributed by atoms with van der Waals surface area (Å²) in [5.74, 6) is -0.422. The van der Waals surface area contributed by atoms with Gasteiger partial charge in [-0.3, -0.25) is 10.1 Å². The van der Waals surface area contributed by atoms with E-state index in [2.05, 4.69) is 15.9 Å². The molecule has 0 radical (unpaired) electrons. The Morgan fingerprint density at radius 2 is 1.62 bits per heavy atom. The van der Waals surface area contributed by atoms with Crippen LogP contribution in [0.25, 0.3) is 0 Å². The molecule has 2 aromatic carbocycles. The fourth-order valence-corrected chi connectivity index (χ4v) is 2.05. The molecule has 0 unspecified atom stereocenters. The van der Waals surface area contributed by atoms with E-state index in [0.717, 1.165) is 10.9 Å². The zero-order valence-corrected chi connectivity index (χ0v) is 12.6. The number of alkyl halides is 1. The Hall–Kier alpha value is -2.21. The van der Waals surface area contributed by atoms with Gasteiger partial charge in [0.25, 0.3) is 5.69 Å². The monoisotopic (exact) mass is 349 g/mol. The van der Waals surface area contributed by atoms with Crippen LogP contribution in [-0.2, 0) is 16.7 Å². The number of carbonyl (C=O) groups is 1. The average Bonchev–Trinajstić information content (AvgIpc) is 2.53. The molecule has 5 nitrogen and oxygen atoms in total. The number of nitro benzene ring substituents is 1. The lowest BCUT2D eigenvalue weighted by molar-refractivity contribution is -0.384. The fraction of sp³-hybridized carbons (Fsp3) is 0.133. The van der Waals surface area contributed by atoms with Crippen LogP contribution in [0.15, 0.2) is 48.5 Å². The molecule has 0 aromatic heterocycles. The molecule has 0 fully saturated rings. The Morgan fingerprint density at radius 1 is 1.05 bits per heavy atom. The van der Waals surface area contributed by atoms with Crippen molar-refractivity contribution in [1.29, 1.82) is 0 Å². The highest BCUT2D eigenvalue weighted by Crippen LogP contribution is 2.14. The van der Waals surface area contributed by atoms with Gasteiger partial charge in [-0.25, -0.2) is 4.79 Å². The molecule has 0 heterocycles. The minimum atomic E-state index is -0.471. The van der Waals surface area contributed by atoms with E-state index in [1.54, 1.807) is 24.3 Å². The first kappa shape index (κ1) is 15.2. The SMILES string of the molecule is O=C(OCc1ccc([N+](=O)[O-])cc1)c1ccc(CBr)cc1. The molecule has 21 heavy (non-hydrogen) atoms. The molecule has 0 bridgehead atoms. The maximum absolute atomic E-state index is 11.9. The van der Waals surface area contributed by atoms with Gasteiger partial charge in [0.05, 0.1) is 10.5 Å². The average molecular weight is 350 g/mol. The van der Waals surface area contributed by atoms with Crippen molar-refractivity contribution in [2.24, 2.45) is 0 Å². The number of ether oxygens (including phenoxy) is 1. The van der Waals surface area contributed by atoms with Crippen molar-refractivity contribution in [3.8, 4) is 0 Å². The molecule has 0 aliphatic heterocycles. The van der Waals surface area contributed by atoms with Crippen molar-refractivity contribution < 1.29 is 14.5 Å². The van der Waals surface area contributed by atoms with Crippen molar-refractivity contribution >= 4 is 27.6 Å². The van der Waals surface area contributed by atoms with Gasteiger partial charge in [-0.05, 0) is 35.4 Å². The fourth-order valence-electron chi connectivity index (χ4n) is 1.68. The highest BCUT2D eigenvalue weighted by Gasteiger charge is 2.08. The Bertz CT molecular complexity index is 638. The standard InChI is InChI=1S/C15H12BrNO4/c16-9-11-1-5-13(6-2-11)15(18)21-10-12-3-7-14(8-4-12)17(19)20/h1-8H,9-10H2. The van der Waals surface area contributed by atoms with Gasteiger partial charge in [-0.1, -0.05) is 28.1 Å². The van der Waals surface area contributed by atoms with E-state index >= 15 is 0 Å². The van der Waals surface area contributed by atoms with Gasteiger partial charge < -0.3 is 4.74 Å². The second-order valence-corrected chi connectivity index (χ2v) is 4.89. The van der Waals surface area contributed by atoms with Crippen LogP contribution < -0.4 is 0 Å². The largest absolute Gasteiger partial charge is 0.457 e. The van der Waals surface area contributed by atoms with Crippen molar-refractivity contribution in [3.05, 3.63) is 75.3 Å². The zero-order chi connectivity index (χ0) is 15.2. The van der Waals surface area contributed by atoms with Crippen molar-refractivity contribution in [1.82, 2.24) is 0 Å². The summed E-state index contributed by atoms with van der Waals surface area (Å²) < 4.78 is 5.17. The molecule has 6 heteroatoms. The van der Waals surface area contributed by atoms with Gasteiger partial charge in [0.2, 0.25) is 0 Å². The lowest BCUT2D eigenvalue weighted by atomic mass is 10.1. The second-order valence-electron chi connectivity index (χ2n) is 4.33. The first-order chi connectivity index (χ1) is 10.1. The summed E-state index contributed by atoms with van der Waals surface area (Å²) in [5.41, 5.74) is 2.25. The van der Waals surface area contributed by atoms with Crippen LogP contribution >= 0.6 is 15.9 Å². The summed E-state index contributed by atoms with van der Waals surface area (Å²) in [6.45, 7) is 0.0804. The number of hydrogen-bond donors (Lipinski definition) is 0. The van der Waals surface area contributed by atoms with E-state index in [1.165, 1.54) is 12.1 Å². The van der Waals surface area contributed by atoms with Crippen LogP contribution in [0.2, 0.25) is 0 Å². The van der Waals surface area contributed by atoms with Crippen molar-refractivity contribution in [2.45, 2.75) is 11.9 Å². The quantitative estimate of drug-likeness (QED) is 0.356. The lowest BCUT2D eigenvalue weighted by Crippen LogP contribution is -2.05. The normalized spacial score (nSPS) is 10.1. The molecular formula is C15H12BrNO4. The molecule has 0 aliphatic rings. The number of benzene rings is 2. The predicted molar refractivity (Wildman–Crippen MR) is 81.3 cm³/mol. The van der Waals surface area contributed by atoms with E-state index in [0.29, 0.717) is 11.1 Å². The smallest absolute Gasteiger partial charge is 0.338 e. The highest BCUT2D eigenvalue weighted by atomic mass is 79.9. The summed E-state index contributed by atoms with van der Waals surface area (Å²) in [7, 11) is 0. The van der Waals surface area contributed by atoms with Crippen LogP contribution in [0.5, 0.6) is 0 Å². The molecule has 0 spiro atoms. The summed E-state index contributed by atoms with van der Waals surface area (Å²) in [6.07, 6.45) is 0. The number of hydrogen-bond acceptors (Lipinski definition) is 4. The summed E-state index contributed by atoms with van der Waals surface area (Å²) in [6, 6.07) is 13.0. The van der Waals surface area contributed by atoms with E-state index in [1.807, 2.05) is 12.1 Å². The number of carbonyl (C=O) groups excluding carboxylic acids is 1. The van der Waals surface area contributed by atoms with E-state index < -0.39 is 10.9 Å². The van der Waals surface area contributed by atoms with E-state index in [4.69, 9.17) is 4.74 Å². The molecular weight excluding hydrogens is 338 g/mol. The van der Waals surface area contributed by atoms with Gasteiger partial charge in [-0.15, -0.1) is 0 Å². The van der Waals surface area contributed by atoms with Crippen LogP contribution in [0.3, 0.4) is 0 Å². The van der Waals surface area contributed by atoms with Crippen LogP contribution in [0.1, 0.15) is 21.5 Å². The molecule has 2 aromatic rings. The minimum absolute atomic E-state index is 0.00966. The Kier molecular flexibility index (Phi) is 5.05. The molecule has 0 N–H and O–H groups in total. The molecule has 0 atom stereocenters. The topological polar surface area (TPSA) is 69.4 Å². The minimum Gasteiger partial charge on any atom is -0.457 e. The Labute approximate surface area is 129 Å². The molecule has 0 saturated carbocycles. The Balaban J connectivity index is 1.95. The van der Waals surface area contributed by atoms with E-state index in [-0.39, 0.29) is 12.3 Å². The summed E-state index contributed by atoms with van der Waals surface area (Å²) in [5, 5.41) is 11.3. The lowest BCUT2D eigenvalue weighted by Gasteiger charge is -2.05. The van der Waals surface area contributed by atoms with Crippen LogP contribution in [0.4, 0.5) is 5.69 Å². The number of rotatable bonds is 5. The second kappa shape index (κ2) is 6.99. The number of halogens is 1. The zero-order valence-electron chi connectivity index (χ0n) is 11.0. The van der Waals surface area contributed by atoms with E-state index in [9.17, 15) is 14.9 Å². The van der Waals surface area contributed by atoms with Crippen LogP contribution in [-0.4, -0.2) is 10.9 Å². The first-order valence-corrected chi connectivity index (χ1v) is 7.27. The molecule has 0 aliphatic carbocycles. The molecule has 0 amide bonds. The molecule has 108 valence electrons. The first-order valence-electron chi connectivity index (χ1n) is 6.15. The molecule has 0 saturated heterocycles. The third-order valence-corrected chi connectivity index (χ3v) is 3.51. The summed E-state index contributed by atoms with van der Waals surface area (Å²) >= 11 is 3.33. The number of nitrogens with zero attached hydrogens (tertiary/aromatic N) is 1. The number of non-ortho nitro benzene ring substituents is 1. The van der Waals surface area contributed by atoms with Crippen LogP contribution in [0, 0.1) is 10.1 Å². The Morgan fingerprint density at radius 3 is 2.14 bits per heavy atom. The van der Waals surface area contributed by atoms with Gasteiger partial charge in [0.15, 0.2) is 0 Å². The third kappa shape index (κ3) is 4.13. The maximum atomic E-state index is 11.9.